The minimum atomic E-state index is 0.0327. The smallest absolute Gasteiger partial charge is 0.226 e. The van der Waals surface area contributed by atoms with Crippen molar-refractivity contribution in [1.82, 2.24) is 10.1 Å². The minimum Gasteiger partial charge on any atom is -0.493 e. The highest BCUT2D eigenvalue weighted by Crippen LogP contribution is 2.42. The average molecular weight is 384 g/mol. The van der Waals surface area contributed by atoms with Crippen molar-refractivity contribution < 1.29 is 18.8 Å². The van der Waals surface area contributed by atoms with Gasteiger partial charge in [0.15, 0.2) is 11.5 Å². The van der Waals surface area contributed by atoms with Crippen molar-refractivity contribution in [2.24, 2.45) is 5.92 Å². The summed E-state index contributed by atoms with van der Waals surface area (Å²) in [5.74, 6) is 2.82. The third-order valence-electron chi connectivity index (χ3n) is 6.06. The molecule has 4 rings (SSSR count). The van der Waals surface area contributed by atoms with Gasteiger partial charge >= 0.3 is 0 Å². The van der Waals surface area contributed by atoms with Gasteiger partial charge in [-0.05, 0) is 69.2 Å². The van der Waals surface area contributed by atoms with Crippen LogP contribution in [0.3, 0.4) is 0 Å². The average Bonchev–Trinajstić information content (AvgIpc) is 3.51. The first-order chi connectivity index (χ1) is 13.5. The molecule has 1 atom stereocenters. The van der Waals surface area contributed by atoms with Crippen LogP contribution in [-0.2, 0) is 17.6 Å². The molecule has 0 radical (unpaired) electrons. The molecule has 6 heteroatoms. The van der Waals surface area contributed by atoms with Gasteiger partial charge in [-0.15, -0.1) is 0 Å². The van der Waals surface area contributed by atoms with Gasteiger partial charge < -0.3 is 18.9 Å². The molecule has 2 heterocycles. The Kier molecular flexibility index (Phi) is 5.04. The molecule has 2 aliphatic rings. The van der Waals surface area contributed by atoms with Gasteiger partial charge in [0.25, 0.3) is 0 Å². The van der Waals surface area contributed by atoms with E-state index in [0.29, 0.717) is 11.7 Å². The number of amides is 1. The fourth-order valence-electron chi connectivity index (χ4n) is 4.31. The lowest BCUT2D eigenvalue weighted by Gasteiger charge is -2.38. The number of rotatable bonds is 6. The van der Waals surface area contributed by atoms with E-state index in [1.54, 1.807) is 14.2 Å². The molecule has 0 N–H and O–H groups in total. The number of fused-ring (bicyclic) bond motifs is 1. The number of carbonyl (C=O) groups excluding carboxylic acids is 1. The van der Waals surface area contributed by atoms with Gasteiger partial charge in [-0.3, -0.25) is 4.79 Å². The Labute approximate surface area is 165 Å². The summed E-state index contributed by atoms with van der Waals surface area (Å²) in [4.78, 5) is 15.1. The van der Waals surface area contributed by atoms with Gasteiger partial charge in [-0.2, -0.15) is 0 Å². The lowest BCUT2D eigenvalue weighted by molar-refractivity contribution is -0.135. The lowest BCUT2D eigenvalue weighted by Crippen LogP contribution is -2.41. The summed E-state index contributed by atoms with van der Waals surface area (Å²) < 4.78 is 16.4. The molecule has 1 fully saturated rings. The molecule has 6 nitrogen and oxygen atoms in total. The number of hydrogen-bond donors (Lipinski definition) is 0. The summed E-state index contributed by atoms with van der Waals surface area (Å²) in [6, 6.07) is 4.15. The topological polar surface area (TPSA) is 64.8 Å². The number of carbonyl (C=O) groups is 1. The standard InChI is InChI=1S/C22H28N2O4/c1-13-17(14(2)28-23-13)7-8-19-18-12-21(27-4)20(26-3)11-16(18)9-10-24(19)22(25)15-5-6-15/h11-12,15,19H,5-10H2,1-4H3. The largest absolute Gasteiger partial charge is 0.493 e. The van der Waals surface area contributed by atoms with Gasteiger partial charge in [0, 0.05) is 18.0 Å². The van der Waals surface area contributed by atoms with Crippen molar-refractivity contribution >= 4 is 5.91 Å². The molecule has 2 aromatic rings. The molecular weight excluding hydrogens is 356 g/mol. The zero-order chi connectivity index (χ0) is 19.8. The van der Waals surface area contributed by atoms with Crippen LogP contribution in [0.1, 0.15) is 53.4 Å². The van der Waals surface area contributed by atoms with Crippen molar-refractivity contribution in [2.45, 2.75) is 52.0 Å². The first-order valence-electron chi connectivity index (χ1n) is 10.0. The van der Waals surface area contributed by atoms with Crippen LogP contribution in [-0.4, -0.2) is 36.7 Å². The van der Waals surface area contributed by atoms with Crippen LogP contribution in [0.25, 0.3) is 0 Å². The van der Waals surface area contributed by atoms with E-state index in [2.05, 4.69) is 22.2 Å². The second-order valence-corrected chi connectivity index (χ2v) is 7.82. The van der Waals surface area contributed by atoms with Crippen molar-refractivity contribution in [3.05, 3.63) is 40.3 Å². The highest BCUT2D eigenvalue weighted by atomic mass is 16.5. The summed E-state index contributed by atoms with van der Waals surface area (Å²) in [5, 5.41) is 4.07. The number of nitrogens with zero attached hydrogens (tertiary/aromatic N) is 2. The maximum absolute atomic E-state index is 13.0. The predicted molar refractivity (Wildman–Crippen MR) is 105 cm³/mol. The number of aromatic nitrogens is 1. The van der Waals surface area contributed by atoms with Crippen LogP contribution in [0.15, 0.2) is 16.7 Å². The van der Waals surface area contributed by atoms with Crippen LogP contribution in [0.2, 0.25) is 0 Å². The molecule has 0 spiro atoms. The number of aryl methyl sites for hydroxylation is 2. The molecule has 1 aliphatic carbocycles. The Morgan fingerprint density at radius 3 is 2.54 bits per heavy atom. The summed E-state index contributed by atoms with van der Waals surface area (Å²) in [5.41, 5.74) is 4.48. The molecule has 28 heavy (non-hydrogen) atoms. The van der Waals surface area contributed by atoms with Crippen molar-refractivity contribution in [3.8, 4) is 11.5 Å². The maximum Gasteiger partial charge on any atom is 0.226 e. The first kappa shape index (κ1) is 18.8. The number of methoxy groups -OCH3 is 2. The van der Waals surface area contributed by atoms with E-state index in [-0.39, 0.29) is 12.0 Å². The van der Waals surface area contributed by atoms with E-state index in [9.17, 15) is 4.79 Å². The van der Waals surface area contributed by atoms with E-state index in [4.69, 9.17) is 14.0 Å². The van der Waals surface area contributed by atoms with Gasteiger partial charge in [0.1, 0.15) is 5.76 Å². The van der Waals surface area contributed by atoms with Crippen LogP contribution in [0.4, 0.5) is 0 Å². The maximum atomic E-state index is 13.0. The van der Waals surface area contributed by atoms with E-state index in [0.717, 1.165) is 61.4 Å². The zero-order valence-corrected chi connectivity index (χ0v) is 17.1. The number of hydrogen-bond acceptors (Lipinski definition) is 5. The third kappa shape index (κ3) is 3.36. The molecule has 1 aromatic carbocycles. The second kappa shape index (κ2) is 7.49. The Morgan fingerprint density at radius 2 is 1.93 bits per heavy atom. The Balaban J connectivity index is 1.68. The molecule has 150 valence electrons. The fourth-order valence-corrected chi connectivity index (χ4v) is 4.31. The second-order valence-electron chi connectivity index (χ2n) is 7.82. The zero-order valence-electron chi connectivity index (χ0n) is 17.1. The first-order valence-corrected chi connectivity index (χ1v) is 10.0. The molecular formula is C22H28N2O4. The molecule has 1 aromatic heterocycles. The van der Waals surface area contributed by atoms with Gasteiger partial charge in [0.2, 0.25) is 5.91 Å². The fraction of sp³-hybridized carbons (Fsp3) is 0.545. The molecule has 1 amide bonds. The normalized spacial score (nSPS) is 18.7. The highest BCUT2D eigenvalue weighted by molar-refractivity contribution is 5.82. The highest BCUT2D eigenvalue weighted by Gasteiger charge is 2.39. The summed E-state index contributed by atoms with van der Waals surface area (Å²) >= 11 is 0. The van der Waals surface area contributed by atoms with Crippen LogP contribution in [0, 0.1) is 19.8 Å². The Hall–Kier alpha value is -2.50. The summed E-state index contributed by atoms with van der Waals surface area (Å²) in [6.07, 6.45) is 4.54. The third-order valence-corrected chi connectivity index (χ3v) is 6.06. The van der Waals surface area contributed by atoms with Gasteiger partial charge in [-0.1, -0.05) is 5.16 Å². The molecule has 1 aliphatic heterocycles. The number of ether oxygens (including phenoxy) is 2. The summed E-state index contributed by atoms with van der Waals surface area (Å²) in [6.45, 7) is 4.68. The van der Waals surface area contributed by atoms with Crippen molar-refractivity contribution in [1.29, 1.82) is 0 Å². The van der Waals surface area contributed by atoms with E-state index in [1.165, 1.54) is 11.1 Å². The van der Waals surface area contributed by atoms with Gasteiger partial charge in [-0.25, -0.2) is 0 Å². The molecule has 1 unspecified atom stereocenters. The quantitative estimate of drug-likeness (QED) is 0.758. The Morgan fingerprint density at radius 1 is 1.21 bits per heavy atom. The Bertz CT molecular complexity index is 865. The van der Waals surface area contributed by atoms with Crippen molar-refractivity contribution in [2.75, 3.05) is 20.8 Å². The number of benzene rings is 1. The lowest BCUT2D eigenvalue weighted by atomic mass is 9.88. The van der Waals surface area contributed by atoms with E-state index >= 15 is 0 Å². The van der Waals surface area contributed by atoms with E-state index in [1.807, 2.05) is 13.8 Å². The van der Waals surface area contributed by atoms with Crippen molar-refractivity contribution in [3.63, 3.8) is 0 Å². The predicted octanol–water partition coefficient (Wildman–Crippen LogP) is 3.78. The monoisotopic (exact) mass is 384 g/mol. The van der Waals surface area contributed by atoms with Gasteiger partial charge in [0.05, 0.1) is 26.0 Å². The molecule has 0 bridgehead atoms. The van der Waals surface area contributed by atoms with E-state index < -0.39 is 0 Å². The molecule has 0 saturated heterocycles. The minimum absolute atomic E-state index is 0.0327. The molecule has 1 saturated carbocycles. The SMILES string of the molecule is COc1cc2c(cc1OC)C(CCc1c(C)noc1C)N(C(=O)C1CC1)CC2. The van der Waals surface area contributed by atoms with Crippen LogP contribution >= 0.6 is 0 Å². The van der Waals surface area contributed by atoms with Crippen LogP contribution in [0.5, 0.6) is 11.5 Å². The summed E-state index contributed by atoms with van der Waals surface area (Å²) in [7, 11) is 3.31. The van der Waals surface area contributed by atoms with Crippen LogP contribution < -0.4 is 9.47 Å².